The molecule has 0 bridgehead atoms. The molecule has 2 fully saturated rings. The topological polar surface area (TPSA) is 115 Å². The molecular formula is C32H42N6O3. The van der Waals surface area contributed by atoms with E-state index in [0.29, 0.717) is 11.7 Å². The van der Waals surface area contributed by atoms with Crippen LogP contribution in [0.3, 0.4) is 0 Å². The van der Waals surface area contributed by atoms with Crippen molar-refractivity contribution in [3.63, 3.8) is 0 Å². The van der Waals surface area contributed by atoms with Crippen LogP contribution in [0.4, 0.5) is 0 Å². The number of ether oxygens (including phenoxy) is 2. The van der Waals surface area contributed by atoms with Gasteiger partial charge < -0.3 is 25.4 Å². The SMILES string of the molecule is NC(=NCCCN1CCOCC1)c1ccc(-c2ccc(-c3ccc(C(N)=NCCCN4CCOCC4)cc3)o2)cc1. The fourth-order valence-electron chi connectivity index (χ4n) is 5.08. The van der Waals surface area contributed by atoms with E-state index in [1.807, 2.05) is 60.7 Å². The Hall–Kier alpha value is -3.50. The van der Waals surface area contributed by atoms with Gasteiger partial charge in [0.05, 0.1) is 26.4 Å². The predicted molar refractivity (Wildman–Crippen MR) is 165 cm³/mol. The van der Waals surface area contributed by atoms with Crippen LogP contribution in [0.1, 0.15) is 24.0 Å². The first-order valence-electron chi connectivity index (χ1n) is 14.7. The van der Waals surface area contributed by atoms with Crippen molar-refractivity contribution in [2.24, 2.45) is 21.5 Å². The monoisotopic (exact) mass is 558 g/mol. The molecule has 3 aromatic rings. The molecule has 9 heteroatoms. The van der Waals surface area contributed by atoms with E-state index in [1.165, 1.54) is 0 Å². The van der Waals surface area contributed by atoms with Gasteiger partial charge in [-0.05, 0) is 25.0 Å². The highest BCUT2D eigenvalue weighted by molar-refractivity contribution is 5.98. The molecule has 41 heavy (non-hydrogen) atoms. The summed E-state index contributed by atoms with van der Waals surface area (Å²) in [5, 5.41) is 0. The van der Waals surface area contributed by atoms with Crippen molar-refractivity contribution < 1.29 is 13.9 Å². The molecule has 5 rings (SSSR count). The van der Waals surface area contributed by atoms with Gasteiger partial charge in [0.25, 0.3) is 0 Å². The van der Waals surface area contributed by atoms with Gasteiger partial charge >= 0.3 is 0 Å². The quantitative estimate of drug-likeness (QED) is 0.199. The Morgan fingerprint density at radius 2 is 0.976 bits per heavy atom. The molecule has 0 aliphatic carbocycles. The lowest BCUT2D eigenvalue weighted by Gasteiger charge is -2.26. The molecule has 0 amide bonds. The molecule has 9 nitrogen and oxygen atoms in total. The lowest BCUT2D eigenvalue weighted by Crippen LogP contribution is -2.37. The summed E-state index contributed by atoms with van der Waals surface area (Å²) in [6.07, 6.45) is 1.98. The highest BCUT2D eigenvalue weighted by Crippen LogP contribution is 2.29. The Balaban J connectivity index is 1.11. The van der Waals surface area contributed by atoms with Gasteiger partial charge in [0, 0.05) is 74.6 Å². The van der Waals surface area contributed by atoms with Gasteiger partial charge in [-0.1, -0.05) is 48.5 Å². The molecule has 0 saturated carbocycles. The van der Waals surface area contributed by atoms with Gasteiger partial charge in [0.15, 0.2) is 0 Å². The van der Waals surface area contributed by atoms with Crippen LogP contribution in [0.2, 0.25) is 0 Å². The van der Waals surface area contributed by atoms with Crippen molar-refractivity contribution in [2.45, 2.75) is 12.8 Å². The van der Waals surface area contributed by atoms with Gasteiger partial charge in [0.1, 0.15) is 23.2 Å². The normalized spacial score (nSPS) is 17.7. The number of aliphatic imine (C=N–C) groups is 2. The van der Waals surface area contributed by atoms with Crippen molar-refractivity contribution in [1.29, 1.82) is 0 Å². The molecule has 0 spiro atoms. The molecule has 2 aliphatic heterocycles. The molecular weight excluding hydrogens is 516 g/mol. The number of benzene rings is 2. The van der Waals surface area contributed by atoms with Gasteiger partial charge in [-0.25, -0.2) is 0 Å². The molecule has 1 aromatic heterocycles. The summed E-state index contributed by atoms with van der Waals surface area (Å²) in [7, 11) is 0. The maximum atomic E-state index is 6.25. The van der Waals surface area contributed by atoms with Gasteiger partial charge in [-0.3, -0.25) is 19.8 Å². The van der Waals surface area contributed by atoms with E-state index >= 15 is 0 Å². The van der Waals surface area contributed by atoms with Crippen molar-refractivity contribution in [3.05, 3.63) is 71.8 Å². The standard InChI is InChI=1S/C32H42N6O3/c33-31(35-13-1-15-37-17-21-39-22-18-37)27-7-3-25(4-8-27)29-11-12-30(41-29)26-5-9-28(10-6-26)32(34)36-14-2-16-38-19-23-40-24-20-38/h3-12H,1-2,13-24H2,(H2,33,35)(H2,34,36). The number of nitrogens with zero attached hydrogens (tertiary/aromatic N) is 4. The van der Waals surface area contributed by atoms with Crippen molar-refractivity contribution in [3.8, 4) is 22.6 Å². The Labute approximate surface area is 242 Å². The number of hydrogen-bond donors (Lipinski definition) is 2. The summed E-state index contributed by atoms with van der Waals surface area (Å²) in [5.74, 6) is 2.74. The molecule has 3 heterocycles. The zero-order chi connectivity index (χ0) is 28.3. The second kappa shape index (κ2) is 14.9. The minimum Gasteiger partial charge on any atom is -0.456 e. The first kappa shape index (κ1) is 29.0. The third-order valence-electron chi connectivity index (χ3n) is 7.57. The third kappa shape index (κ3) is 8.50. The van der Waals surface area contributed by atoms with E-state index < -0.39 is 0 Å². The van der Waals surface area contributed by atoms with Crippen LogP contribution < -0.4 is 11.5 Å². The van der Waals surface area contributed by atoms with Crippen molar-refractivity contribution in [2.75, 3.05) is 78.8 Å². The second-order valence-electron chi connectivity index (χ2n) is 10.5. The van der Waals surface area contributed by atoms with Crippen LogP contribution in [0.15, 0.2) is 75.1 Å². The number of rotatable bonds is 12. The number of furan rings is 1. The zero-order valence-corrected chi connectivity index (χ0v) is 23.8. The second-order valence-corrected chi connectivity index (χ2v) is 10.5. The molecule has 0 unspecified atom stereocenters. The zero-order valence-electron chi connectivity index (χ0n) is 23.8. The number of hydrogen-bond acceptors (Lipinski definition) is 7. The fraction of sp³-hybridized carbons (Fsp3) is 0.438. The van der Waals surface area contributed by atoms with Gasteiger partial charge in [-0.2, -0.15) is 0 Å². The molecule has 4 N–H and O–H groups in total. The lowest BCUT2D eigenvalue weighted by molar-refractivity contribution is 0.0377. The van der Waals surface area contributed by atoms with Crippen molar-refractivity contribution >= 4 is 11.7 Å². The smallest absolute Gasteiger partial charge is 0.134 e. The molecule has 218 valence electrons. The Morgan fingerprint density at radius 1 is 0.585 bits per heavy atom. The van der Waals surface area contributed by atoms with Crippen LogP contribution in [0.5, 0.6) is 0 Å². The molecule has 0 radical (unpaired) electrons. The number of morpholine rings is 2. The molecule has 0 atom stereocenters. The largest absolute Gasteiger partial charge is 0.456 e. The number of amidine groups is 2. The molecule has 2 aromatic carbocycles. The summed E-state index contributed by atoms with van der Waals surface area (Å²) in [5.41, 5.74) is 16.3. The summed E-state index contributed by atoms with van der Waals surface area (Å²) in [6.45, 7) is 10.8. The first-order valence-corrected chi connectivity index (χ1v) is 14.7. The van der Waals surface area contributed by atoms with E-state index in [2.05, 4.69) is 19.8 Å². The van der Waals surface area contributed by atoms with E-state index in [9.17, 15) is 0 Å². The van der Waals surface area contributed by atoms with Crippen LogP contribution in [-0.2, 0) is 9.47 Å². The van der Waals surface area contributed by atoms with Crippen molar-refractivity contribution in [1.82, 2.24) is 9.80 Å². The van der Waals surface area contributed by atoms with Gasteiger partial charge in [0.2, 0.25) is 0 Å². The minimum absolute atomic E-state index is 0.568. The highest BCUT2D eigenvalue weighted by atomic mass is 16.5. The van der Waals surface area contributed by atoms with Gasteiger partial charge in [-0.15, -0.1) is 0 Å². The Bertz CT molecular complexity index is 1180. The summed E-state index contributed by atoms with van der Waals surface area (Å²) in [4.78, 5) is 14.0. The summed E-state index contributed by atoms with van der Waals surface area (Å²) < 4.78 is 17.0. The Kier molecular flexibility index (Phi) is 10.6. The minimum atomic E-state index is 0.568. The van der Waals surface area contributed by atoms with Crippen LogP contribution in [0.25, 0.3) is 22.6 Å². The van der Waals surface area contributed by atoms with Crippen LogP contribution in [-0.4, -0.2) is 100 Å². The number of nitrogens with two attached hydrogens (primary N) is 2. The lowest BCUT2D eigenvalue weighted by atomic mass is 10.1. The fourth-order valence-corrected chi connectivity index (χ4v) is 5.08. The van der Waals surface area contributed by atoms with E-state index in [1.54, 1.807) is 0 Å². The van der Waals surface area contributed by atoms with Crippen LogP contribution >= 0.6 is 0 Å². The van der Waals surface area contributed by atoms with E-state index in [-0.39, 0.29) is 0 Å². The third-order valence-corrected chi connectivity index (χ3v) is 7.57. The summed E-state index contributed by atoms with van der Waals surface area (Å²) in [6, 6.07) is 20.1. The highest BCUT2D eigenvalue weighted by Gasteiger charge is 2.11. The predicted octanol–water partition coefficient (Wildman–Crippen LogP) is 3.47. The average molecular weight is 559 g/mol. The van der Waals surface area contributed by atoms with E-state index in [4.69, 9.17) is 25.4 Å². The average Bonchev–Trinajstić information content (AvgIpc) is 3.53. The first-order chi connectivity index (χ1) is 20.2. The maximum Gasteiger partial charge on any atom is 0.134 e. The van der Waals surface area contributed by atoms with Crippen LogP contribution in [0, 0.1) is 0 Å². The molecule has 2 saturated heterocycles. The maximum absolute atomic E-state index is 6.25. The Morgan fingerprint density at radius 3 is 1.37 bits per heavy atom. The summed E-state index contributed by atoms with van der Waals surface area (Å²) >= 11 is 0. The van der Waals surface area contributed by atoms with E-state index in [0.717, 1.165) is 125 Å². The molecule has 2 aliphatic rings.